The molecule has 3 aromatic carbocycles. The van der Waals surface area contributed by atoms with Crippen molar-refractivity contribution in [1.82, 2.24) is 10.0 Å². The lowest BCUT2D eigenvalue weighted by Crippen LogP contribution is -2.54. The number of rotatable bonds is 10. The lowest BCUT2D eigenvalue weighted by molar-refractivity contribution is -0.145. The van der Waals surface area contributed by atoms with Gasteiger partial charge >= 0.3 is 5.97 Å². The Labute approximate surface area is 210 Å². The Morgan fingerprint density at radius 1 is 0.889 bits per heavy atom. The Kier molecular flexibility index (Phi) is 8.73. The monoisotopic (exact) mass is 508 g/mol. The van der Waals surface area contributed by atoms with Gasteiger partial charge in [0.2, 0.25) is 15.9 Å². The molecule has 0 aliphatic carbocycles. The summed E-state index contributed by atoms with van der Waals surface area (Å²) in [6.07, 6.45) is 0.400. The highest BCUT2D eigenvalue weighted by molar-refractivity contribution is 7.89. The van der Waals surface area contributed by atoms with E-state index >= 15 is 0 Å². The SMILES string of the molecule is CCc1ccccc1C(=O)NC(=O)[C@@H](NS(=O)(=O)c1ccc(C)cc1)C(Cc1ccccc1)C(=O)O. The van der Waals surface area contributed by atoms with Gasteiger partial charge in [-0.15, -0.1) is 0 Å². The van der Waals surface area contributed by atoms with Gasteiger partial charge < -0.3 is 5.11 Å². The Balaban J connectivity index is 1.97. The summed E-state index contributed by atoms with van der Waals surface area (Å²) in [5, 5.41) is 12.2. The predicted octanol–water partition coefficient (Wildman–Crippen LogP) is 3.10. The minimum atomic E-state index is -4.29. The molecule has 8 nitrogen and oxygen atoms in total. The molecule has 0 saturated carbocycles. The standard InChI is InChI=1S/C27H28N2O6S/c1-3-20-11-7-8-12-22(20)25(30)28-26(31)24(23(27(32)33)17-19-9-5-4-6-10-19)29-36(34,35)21-15-13-18(2)14-16-21/h4-16,23-24,29H,3,17H2,1-2H3,(H,32,33)(H,28,30,31)/t23?,24-/m0/s1. The molecule has 0 saturated heterocycles. The van der Waals surface area contributed by atoms with E-state index in [1.807, 2.05) is 6.92 Å². The maximum absolute atomic E-state index is 13.3. The average molecular weight is 509 g/mol. The van der Waals surface area contributed by atoms with Gasteiger partial charge in [0.1, 0.15) is 6.04 Å². The van der Waals surface area contributed by atoms with Crippen LogP contribution in [-0.4, -0.2) is 37.3 Å². The summed E-state index contributed by atoms with van der Waals surface area (Å²) >= 11 is 0. The second kappa shape index (κ2) is 11.7. The Morgan fingerprint density at radius 2 is 1.50 bits per heavy atom. The molecule has 0 spiro atoms. The summed E-state index contributed by atoms with van der Waals surface area (Å²) in [6, 6.07) is 19.4. The largest absolute Gasteiger partial charge is 0.481 e. The van der Waals surface area contributed by atoms with Gasteiger partial charge in [-0.05, 0) is 49.1 Å². The minimum absolute atomic E-state index is 0.127. The second-order valence-corrected chi connectivity index (χ2v) is 10.1. The minimum Gasteiger partial charge on any atom is -0.481 e. The molecule has 0 bridgehead atoms. The van der Waals surface area contributed by atoms with Crippen molar-refractivity contribution >= 4 is 27.8 Å². The van der Waals surface area contributed by atoms with Gasteiger partial charge in [-0.25, -0.2) is 8.42 Å². The molecular weight excluding hydrogens is 480 g/mol. The summed E-state index contributed by atoms with van der Waals surface area (Å²) < 4.78 is 28.5. The van der Waals surface area contributed by atoms with E-state index in [2.05, 4.69) is 10.0 Å². The number of nitrogens with one attached hydrogen (secondary N) is 2. The maximum Gasteiger partial charge on any atom is 0.309 e. The third-order valence-corrected chi connectivity index (χ3v) is 7.25. The van der Waals surface area contributed by atoms with Crippen LogP contribution in [0.1, 0.15) is 34.0 Å². The Morgan fingerprint density at radius 3 is 2.11 bits per heavy atom. The van der Waals surface area contributed by atoms with Crippen molar-refractivity contribution in [2.75, 3.05) is 0 Å². The number of benzene rings is 3. The van der Waals surface area contributed by atoms with E-state index in [4.69, 9.17) is 0 Å². The molecule has 3 N–H and O–H groups in total. The fourth-order valence-corrected chi connectivity index (χ4v) is 5.03. The lowest BCUT2D eigenvalue weighted by atomic mass is 9.92. The van der Waals surface area contributed by atoms with Crippen molar-refractivity contribution < 1.29 is 27.9 Å². The number of hydrogen-bond acceptors (Lipinski definition) is 5. The zero-order valence-electron chi connectivity index (χ0n) is 20.0. The molecule has 3 rings (SSSR count). The van der Waals surface area contributed by atoms with Crippen LogP contribution in [0.15, 0.2) is 83.8 Å². The van der Waals surface area contributed by atoms with Gasteiger partial charge in [0.25, 0.3) is 5.91 Å². The molecule has 0 aromatic heterocycles. The number of hydrogen-bond donors (Lipinski definition) is 3. The van der Waals surface area contributed by atoms with E-state index in [0.717, 1.165) is 5.56 Å². The number of amides is 2. The fraction of sp³-hybridized carbons (Fsp3) is 0.222. The van der Waals surface area contributed by atoms with Crippen molar-refractivity contribution in [3.8, 4) is 0 Å². The van der Waals surface area contributed by atoms with Crippen LogP contribution in [-0.2, 0) is 32.5 Å². The molecule has 9 heteroatoms. The highest BCUT2D eigenvalue weighted by Gasteiger charge is 2.38. The number of sulfonamides is 1. The number of imide groups is 1. The zero-order chi connectivity index (χ0) is 26.3. The molecule has 3 aromatic rings. The first kappa shape index (κ1) is 26.8. The molecule has 0 radical (unpaired) electrons. The summed E-state index contributed by atoms with van der Waals surface area (Å²) in [4.78, 5) is 38.4. The van der Waals surface area contributed by atoms with Crippen LogP contribution in [0.2, 0.25) is 0 Å². The topological polar surface area (TPSA) is 130 Å². The van der Waals surface area contributed by atoms with Gasteiger partial charge in [-0.3, -0.25) is 19.7 Å². The number of carbonyl (C=O) groups excluding carboxylic acids is 2. The third kappa shape index (κ3) is 6.65. The highest BCUT2D eigenvalue weighted by Crippen LogP contribution is 2.18. The van der Waals surface area contributed by atoms with Gasteiger partial charge in [0.05, 0.1) is 10.8 Å². The van der Waals surface area contributed by atoms with Crippen LogP contribution in [0, 0.1) is 12.8 Å². The second-order valence-electron chi connectivity index (χ2n) is 8.38. The van der Waals surface area contributed by atoms with Crippen LogP contribution < -0.4 is 10.0 Å². The molecular formula is C27H28N2O6S. The molecule has 1 unspecified atom stereocenters. The molecule has 36 heavy (non-hydrogen) atoms. The van der Waals surface area contributed by atoms with Crippen molar-refractivity contribution in [2.45, 2.75) is 37.6 Å². The van der Waals surface area contributed by atoms with E-state index < -0.39 is 39.8 Å². The predicted molar refractivity (Wildman–Crippen MR) is 135 cm³/mol. The van der Waals surface area contributed by atoms with Crippen LogP contribution in [0.4, 0.5) is 0 Å². The van der Waals surface area contributed by atoms with Crippen LogP contribution in [0.25, 0.3) is 0 Å². The van der Waals surface area contributed by atoms with Crippen LogP contribution in [0.3, 0.4) is 0 Å². The normalized spacial score (nSPS) is 12.9. The maximum atomic E-state index is 13.3. The highest BCUT2D eigenvalue weighted by atomic mass is 32.2. The third-order valence-electron chi connectivity index (χ3n) is 5.79. The molecule has 2 atom stereocenters. The van der Waals surface area contributed by atoms with Gasteiger partial charge in [0, 0.05) is 5.56 Å². The smallest absolute Gasteiger partial charge is 0.309 e. The quantitative estimate of drug-likeness (QED) is 0.386. The van der Waals surface area contributed by atoms with E-state index in [1.165, 1.54) is 12.1 Å². The molecule has 0 aliphatic heterocycles. The Hall–Kier alpha value is -3.82. The Bertz CT molecular complexity index is 1340. The number of carbonyl (C=O) groups is 3. The molecule has 2 amide bonds. The summed E-state index contributed by atoms with van der Waals surface area (Å²) in [7, 11) is -4.29. The molecule has 0 heterocycles. The van der Waals surface area contributed by atoms with E-state index in [9.17, 15) is 27.9 Å². The summed E-state index contributed by atoms with van der Waals surface area (Å²) in [5.41, 5.74) is 2.37. The number of aryl methyl sites for hydroxylation is 2. The average Bonchev–Trinajstić information content (AvgIpc) is 2.86. The molecule has 0 fully saturated rings. The van der Waals surface area contributed by atoms with E-state index in [1.54, 1.807) is 73.7 Å². The number of carboxylic acid groups (broad SMARTS) is 1. The van der Waals surface area contributed by atoms with Crippen molar-refractivity contribution in [3.63, 3.8) is 0 Å². The van der Waals surface area contributed by atoms with Crippen LogP contribution in [0.5, 0.6) is 0 Å². The molecule has 0 aliphatic rings. The van der Waals surface area contributed by atoms with E-state index in [0.29, 0.717) is 17.5 Å². The number of carboxylic acids is 1. The number of aliphatic carboxylic acids is 1. The van der Waals surface area contributed by atoms with Crippen molar-refractivity contribution in [3.05, 3.63) is 101 Å². The summed E-state index contributed by atoms with van der Waals surface area (Å²) in [5.74, 6) is -4.65. The lowest BCUT2D eigenvalue weighted by Gasteiger charge is -2.24. The first-order valence-electron chi connectivity index (χ1n) is 11.4. The van der Waals surface area contributed by atoms with E-state index in [-0.39, 0.29) is 16.9 Å². The first-order chi connectivity index (χ1) is 17.1. The fourth-order valence-electron chi connectivity index (χ4n) is 3.79. The van der Waals surface area contributed by atoms with Crippen LogP contribution >= 0.6 is 0 Å². The summed E-state index contributed by atoms with van der Waals surface area (Å²) in [6.45, 7) is 3.65. The van der Waals surface area contributed by atoms with Crippen molar-refractivity contribution in [2.24, 2.45) is 5.92 Å². The first-order valence-corrected chi connectivity index (χ1v) is 12.9. The van der Waals surface area contributed by atoms with Gasteiger partial charge in [-0.1, -0.05) is 73.2 Å². The van der Waals surface area contributed by atoms with Gasteiger partial charge in [0.15, 0.2) is 0 Å². The van der Waals surface area contributed by atoms with Gasteiger partial charge in [-0.2, -0.15) is 4.72 Å². The zero-order valence-corrected chi connectivity index (χ0v) is 20.8. The van der Waals surface area contributed by atoms with Crippen molar-refractivity contribution in [1.29, 1.82) is 0 Å². The molecule has 188 valence electrons.